The molecule has 2 heterocycles. The molecule has 0 spiro atoms. The molecule has 0 aliphatic carbocycles. The molecule has 1 aliphatic heterocycles. The number of nitrogens with zero attached hydrogens (tertiary/aromatic N) is 2. The molecule has 2 nitrogen and oxygen atoms in total. The molecule has 0 bridgehead atoms. The van der Waals surface area contributed by atoms with Crippen molar-refractivity contribution in [2.75, 3.05) is 11.4 Å². The number of para-hydroxylation sites is 1. The van der Waals surface area contributed by atoms with E-state index in [-0.39, 0.29) is 0 Å². The summed E-state index contributed by atoms with van der Waals surface area (Å²) < 4.78 is 2.17. The highest BCUT2D eigenvalue weighted by atomic mass is 15.2. The summed E-state index contributed by atoms with van der Waals surface area (Å²) in [7, 11) is 2.09. The smallest absolute Gasteiger partial charge is 0.237 e. The van der Waals surface area contributed by atoms with E-state index in [2.05, 4.69) is 65.2 Å². The fourth-order valence-electron chi connectivity index (χ4n) is 2.37. The summed E-state index contributed by atoms with van der Waals surface area (Å²) >= 11 is 0. The Hall–Kier alpha value is -1.83. The summed E-state index contributed by atoms with van der Waals surface area (Å²) in [6.45, 7) is 1.08. The first-order valence-corrected chi connectivity index (χ1v) is 5.66. The molecule has 1 aliphatic rings. The summed E-state index contributed by atoms with van der Waals surface area (Å²) in [5.74, 6) is 1.26. The quantitative estimate of drug-likeness (QED) is 0.656. The maximum Gasteiger partial charge on any atom is 0.281 e. The van der Waals surface area contributed by atoms with E-state index in [1.54, 1.807) is 0 Å². The van der Waals surface area contributed by atoms with Crippen LogP contribution in [0.4, 0.5) is 11.5 Å². The second-order valence-corrected chi connectivity index (χ2v) is 4.20. The zero-order valence-electron chi connectivity index (χ0n) is 9.43. The van der Waals surface area contributed by atoms with E-state index in [1.807, 2.05) is 0 Å². The van der Waals surface area contributed by atoms with Crippen molar-refractivity contribution in [1.82, 2.24) is 0 Å². The van der Waals surface area contributed by atoms with Gasteiger partial charge in [-0.2, -0.15) is 0 Å². The van der Waals surface area contributed by atoms with Crippen LogP contribution in [0.3, 0.4) is 0 Å². The minimum atomic E-state index is 1.08. The number of aryl methyl sites for hydroxylation is 1. The van der Waals surface area contributed by atoms with E-state index in [4.69, 9.17) is 0 Å². The van der Waals surface area contributed by atoms with Gasteiger partial charge >= 0.3 is 0 Å². The monoisotopic (exact) mass is 211 g/mol. The molecule has 3 rings (SSSR count). The zero-order chi connectivity index (χ0) is 11.0. The van der Waals surface area contributed by atoms with Crippen molar-refractivity contribution in [3.8, 4) is 0 Å². The largest absolute Gasteiger partial charge is 0.281 e. The number of benzene rings is 1. The molecule has 2 aromatic rings. The van der Waals surface area contributed by atoms with Crippen LogP contribution in [0.15, 0.2) is 48.7 Å². The van der Waals surface area contributed by atoms with Crippen LogP contribution >= 0.6 is 0 Å². The lowest BCUT2D eigenvalue weighted by atomic mass is 10.2. The number of fused-ring (bicyclic) bond motifs is 1. The first kappa shape index (κ1) is 9.40. The van der Waals surface area contributed by atoms with Gasteiger partial charge in [-0.25, -0.2) is 9.47 Å². The van der Waals surface area contributed by atoms with Gasteiger partial charge in [0.2, 0.25) is 0 Å². The van der Waals surface area contributed by atoms with Gasteiger partial charge in [-0.05, 0) is 12.1 Å². The van der Waals surface area contributed by atoms with Crippen LogP contribution in [0.5, 0.6) is 0 Å². The third-order valence-electron chi connectivity index (χ3n) is 3.19. The lowest BCUT2D eigenvalue weighted by molar-refractivity contribution is -0.658. The first-order chi connectivity index (χ1) is 7.86. The molecular formula is C14H15N2+. The first-order valence-electron chi connectivity index (χ1n) is 5.66. The lowest BCUT2D eigenvalue weighted by Crippen LogP contribution is -2.35. The summed E-state index contributed by atoms with van der Waals surface area (Å²) in [4.78, 5) is 2.38. The summed E-state index contributed by atoms with van der Waals surface area (Å²) in [6.07, 6.45) is 3.24. The molecule has 0 N–H and O–H groups in total. The van der Waals surface area contributed by atoms with Crippen LogP contribution < -0.4 is 9.47 Å². The van der Waals surface area contributed by atoms with Crippen molar-refractivity contribution in [2.45, 2.75) is 6.42 Å². The van der Waals surface area contributed by atoms with Gasteiger partial charge in [0, 0.05) is 18.1 Å². The highest BCUT2D eigenvalue weighted by Gasteiger charge is 2.27. The topological polar surface area (TPSA) is 7.12 Å². The Balaban J connectivity index is 2.08. The molecular weight excluding hydrogens is 196 g/mol. The van der Waals surface area contributed by atoms with Crippen LogP contribution in [0.1, 0.15) is 5.56 Å². The van der Waals surface area contributed by atoms with E-state index in [0.29, 0.717) is 0 Å². The van der Waals surface area contributed by atoms with E-state index < -0.39 is 0 Å². The van der Waals surface area contributed by atoms with E-state index in [1.165, 1.54) is 17.1 Å². The number of aromatic nitrogens is 1. The third-order valence-corrected chi connectivity index (χ3v) is 3.19. The van der Waals surface area contributed by atoms with Gasteiger partial charge < -0.3 is 0 Å². The van der Waals surface area contributed by atoms with Crippen molar-refractivity contribution in [1.29, 1.82) is 0 Å². The molecule has 0 saturated carbocycles. The van der Waals surface area contributed by atoms with Crippen molar-refractivity contribution in [2.24, 2.45) is 7.05 Å². The second-order valence-electron chi connectivity index (χ2n) is 4.20. The molecule has 0 radical (unpaired) electrons. The van der Waals surface area contributed by atoms with Crippen molar-refractivity contribution < 1.29 is 4.57 Å². The standard InChI is InChI=1S/C14H15N2/c1-15-10-5-4-8-14(15)16-11-9-12-6-2-3-7-13(12)16/h2-8,10H,9,11H2,1H3/q+1. The Bertz CT molecular complexity index is 520. The molecule has 0 amide bonds. The molecule has 80 valence electrons. The highest BCUT2D eigenvalue weighted by molar-refractivity contribution is 5.65. The Morgan fingerprint density at radius 2 is 1.88 bits per heavy atom. The van der Waals surface area contributed by atoms with E-state index in [0.717, 1.165) is 13.0 Å². The number of anilines is 2. The number of rotatable bonds is 1. The molecule has 16 heavy (non-hydrogen) atoms. The predicted molar refractivity (Wildman–Crippen MR) is 64.8 cm³/mol. The van der Waals surface area contributed by atoms with Crippen molar-refractivity contribution in [3.63, 3.8) is 0 Å². The summed E-state index contributed by atoms with van der Waals surface area (Å²) in [5, 5.41) is 0. The lowest BCUT2D eigenvalue weighted by Gasteiger charge is -2.12. The molecule has 0 unspecified atom stereocenters. The van der Waals surface area contributed by atoms with E-state index >= 15 is 0 Å². The normalized spacial score (nSPS) is 13.9. The van der Waals surface area contributed by atoms with Crippen LogP contribution in [-0.2, 0) is 13.5 Å². The van der Waals surface area contributed by atoms with Crippen molar-refractivity contribution in [3.05, 3.63) is 54.2 Å². The minimum absolute atomic E-state index is 1.08. The van der Waals surface area contributed by atoms with Crippen LogP contribution in [0.25, 0.3) is 0 Å². The van der Waals surface area contributed by atoms with Gasteiger partial charge in [-0.3, -0.25) is 0 Å². The Kier molecular flexibility index (Phi) is 2.13. The van der Waals surface area contributed by atoms with Crippen LogP contribution in [0.2, 0.25) is 0 Å². The maximum absolute atomic E-state index is 2.38. The second kappa shape index (κ2) is 3.63. The zero-order valence-corrected chi connectivity index (χ0v) is 9.43. The Morgan fingerprint density at radius 1 is 1.06 bits per heavy atom. The summed E-state index contributed by atoms with van der Waals surface area (Å²) in [6, 6.07) is 15.0. The molecule has 1 aromatic carbocycles. The van der Waals surface area contributed by atoms with Crippen LogP contribution in [0, 0.1) is 0 Å². The van der Waals surface area contributed by atoms with Gasteiger partial charge in [0.05, 0.1) is 19.8 Å². The molecule has 0 atom stereocenters. The van der Waals surface area contributed by atoms with Gasteiger partial charge in [0.25, 0.3) is 5.82 Å². The molecule has 1 aromatic heterocycles. The van der Waals surface area contributed by atoms with E-state index in [9.17, 15) is 0 Å². The predicted octanol–water partition coefficient (Wildman–Crippen LogP) is 2.21. The van der Waals surface area contributed by atoms with Gasteiger partial charge in [-0.15, -0.1) is 0 Å². The Morgan fingerprint density at radius 3 is 2.75 bits per heavy atom. The number of pyridine rings is 1. The van der Waals surface area contributed by atoms with Gasteiger partial charge in [0.15, 0.2) is 0 Å². The minimum Gasteiger partial charge on any atom is -0.237 e. The number of hydrogen-bond acceptors (Lipinski definition) is 1. The fourth-order valence-corrected chi connectivity index (χ4v) is 2.37. The van der Waals surface area contributed by atoms with Gasteiger partial charge in [-0.1, -0.05) is 24.3 Å². The van der Waals surface area contributed by atoms with Crippen LogP contribution in [-0.4, -0.2) is 6.54 Å². The fraction of sp³-hybridized carbons (Fsp3) is 0.214. The maximum atomic E-state index is 2.38. The number of hydrogen-bond donors (Lipinski definition) is 0. The average molecular weight is 211 g/mol. The Labute approximate surface area is 95.8 Å². The highest BCUT2D eigenvalue weighted by Crippen LogP contribution is 2.31. The molecule has 2 heteroatoms. The third kappa shape index (κ3) is 1.38. The molecule has 0 saturated heterocycles. The SMILES string of the molecule is C[n+]1ccccc1N1CCc2ccccc21. The van der Waals surface area contributed by atoms with Crippen molar-refractivity contribution >= 4 is 11.5 Å². The summed E-state index contributed by atoms with van der Waals surface area (Å²) in [5.41, 5.74) is 2.80. The van der Waals surface area contributed by atoms with Gasteiger partial charge in [0.1, 0.15) is 5.69 Å². The molecule has 0 fully saturated rings. The average Bonchev–Trinajstić information content (AvgIpc) is 2.74.